The zero-order valence-corrected chi connectivity index (χ0v) is 11.3. The number of benzene rings is 2. The molecule has 0 aliphatic carbocycles. The highest BCUT2D eigenvalue weighted by atomic mass is 19.1. The van der Waals surface area contributed by atoms with Crippen LogP contribution in [-0.4, -0.2) is 21.3 Å². The summed E-state index contributed by atoms with van der Waals surface area (Å²) in [5.41, 5.74) is 3.14. The number of aryl methyl sites for hydroxylation is 1. The molecule has 5 heteroatoms. The molecule has 3 aromatic rings. The van der Waals surface area contributed by atoms with Crippen molar-refractivity contribution in [1.82, 2.24) is 15.0 Å². The Kier molecular flexibility index (Phi) is 3.31. The van der Waals surface area contributed by atoms with Gasteiger partial charge in [0.2, 0.25) is 0 Å². The van der Waals surface area contributed by atoms with Gasteiger partial charge in [-0.25, -0.2) is 9.07 Å². The maximum absolute atomic E-state index is 13.4. The summed E-state index contributed by atoms with van der Waals surface area (Å²) in [5, 5.41) is 7.87. The van der Waals surface area contributed by atoms with E-state index in [9.17, 15) is 9.18 Å². The Morgan fingerprint density at radius 2 is 1.95 bits per heavy atom. The number of carbonyl (C=O) groups excluding carboxylic acids is 1. The molecule has 0 aliphatic rings. The lowest BCUT2D eigenvalue weighted by atomic mass is 10.0. The third kappa shape index (κ3) is 2.33. The summed E-state index contributed by atoms with van der Waals surface area (Å²) < 4.78 is 14.9. The van der Waals surface area contributed by atoms with Crippen molar-refractivity contribution in [3.63, 3.8) is 0 Å². The summed E-state index contributed by atoms with van der Waals surface area (Å²) in [6.45, 7) is 1.94. The molecule has 3 rings (SSSR count). The summed E-state index contributed by atoms with van der Waals surface area (Å²) in [6, 6.07) is 13.6. The van der Waals surface area contributed by atoms with E-state index in [2.05, 4.69) is 10.3 Å². The smallest absolute Gasteiger partial charge is 0.172 e. The second kappa shape index (κ2) is 5.28. The number of hydrogen-bond donors (Lipinski definition) is 0. The van der Waals surface area contributed by atoms with Crippen LogP contribution >= 0.6 is 0 Å². The van der Waals surface area contributed by atoms with E-state index in [0.29, 0.717) is 17.7 Å². The molecule has 1 heterocycles. The molecule has 0 spiro atoms. The Morgan fingerprint density at radius 1 is 1.14 bits per heavy atom. The highest BCUT2D eigenvalue weighted by Crippen LogP contribution is 2.27. The van der Waals surface area contributed by atoms with E-state index >= 15 is 0 Å². The molecule has 0 N–H and O–H groups in total. The number of nitrogens with zero attached hydrogens (tertiary/aromatic N) is 3. The van der Waals surface area contributed by atoms with Crippen LogP contribution in [0.2, 0.25) is 0 Å². The van der Waals surface area contributed by atoms with Crippen molar-refractivity contribution in [1.29, 1.82) is 0 Å². The van der Waals surface area contributed by atoms with Gasteiger partial charge in [-0.3, -0.25) is 4.79 Å². The van der Waals surface area contributed by atoms with Crippen LogP contribution in [0.1, 0.15) is 16.1 Å². The van der Waals surface area contributed by atoms with Gasteiger partial charge in [0.25, 0.3) is 0 Å². The molecule has 0 amide bonds. The molecular formula is C16H12FN3O. The fourth-order valence-corrected chi connectivity index (χ4v) is 2.25. The van der Waals surface area contributed by atoms with Crippen LogP contribution in [0.15, 0.2) is 48.5 Å². The molecule has 104 valence electrons. The van der Waals surface area contributed by atoms with Crippen LogP contribution in [0.4, 0.5) is 4.39 Å². The van der Waals surface area contributed by atoms with Crippen molar-refractivity contribution in [2.45, 2.75) is 6.92 Å². The van der Waals surface area contributed by atoms with Gasteiger partial charge in [-0.05, 0) is 30.7 Å². The number of aldehydes is 1. The largest absolute Gasteiger partial charge is 0.296 e. The van der Waals surface area contributed by atoms with E-state index in [1.54, 1.807) is 12.1 Å². The third-order valence-electron chi connectivity index (χ3n) is 3.26. The van der Waals surface area contributed by atoms with Crippen molar-refractivity contribution in [3.05, 3.63) is 65.6 Å². The summed E-state index contributed by atoms with van der Waals surface area (Å²) in [6.07, 6.45) is 0.657. The molecule has 0 fully saturated rings. The number of carbonyl (C=O) groups is 1. The van der Waals surface area contributed by atoms with Gasteiger partial charge in [0.1, 0.15) is 11.5 Å². The normalized spacial score (nSPS) is 10.6. The zero-order valence-electron chi connectivity index (χ0n) is 11.3. The quantitative estimate of drug-likeness (QED) is 0.693. The van der Waals surface area contributed by atoms with Crippen LogP contribution < -0.4 is 0 Å². The molecule has 0 atom stereocenters. The first-order valence-electron chi connectivity index (χ1n) is 6.43. The lowest BCUT2D eigenvalue weighted by molar-refractivity contribution is 0.111. The van der Waals surface area contributed by atoms with E-state index in [-0.39, 0.29) is 11.5 Å². The molecule has 2 aromatic carbocycles. The van der Waals surface area contributed by atoms with Crippen LogP contribution in [-0.2, 0) is 0 Å². The van der Waals surface area contributed by atoms with Gasteiger partial charge in [0, 0.05) is 5.56 Å². The van der Waals surface area contributed by atoms with Crippen molar-refractivity contribution < 1.29 is 9.18 Å². The van der Waals surface area contributed by atoms with Gasteiger partial charge in [-0.15, -0.1) is 5.10 Å². The lowest BCUT2D eigenvalue weighted by Crippen LogP contribution is -2.01. The van der Waals surface area contributed by atoms with Gasteiger partial charge < -0.3 is 0 Å². The maximum atomic E-state index is 13.4. The van der Waals surface area contributed by atoms with Crippen molar-refractivity contribution in [2.75, 3.05) is 0 Å². The molecule has 21 heavy (non-hydrogen) atoms. The van der Waals surface area contributed by atoms with Gasteiger partial charge in [-0.1, -0.05) is 35.5 Å². The summed E-state index contributed by atoms with van der Waals surface area (Å²) in [5.74, 6) is -0.369. The second-order valence-electron chi connectivity index (χ2n) is 4.65. The minimum absolute atomic E-state index is 0.230. The summed E-state index contributed by atoms with van der Waals surface area (Å²) in [7, 11) is 0. The zero-order chi connectivity index (χ0) is 14.8. The molecule has 0 radical (unpaired) electrons. The first-order chi connectivity index (χ1) is 10.2. The van der Waals surface area contributed by atoms with Crippen molar-refractivity contribution >= 4 is 6.29 Å². The van der Waals surface area contributed by atoms with E-state index in [1.807, 2.05) is 31.2 Å². The Labute approximate surface area is 120 Å². The maximum Gasteiger partial charge on any atom is 0.172 e. The van der Waals surface area contributed by atoms with Crippen LogP contribution in [0.25, 0.3) is 16.9 Å². The van der Waals surface area contributed by atoms with E-state index in [4.69, 9.17) is 0 Å². The standard InChI is InChI=1S/C16H12FN3O/c1-11-5-2-3-8-14(11)16-15(10-21)18-19-20(16)13-7-4-6-12(17)9-13/h2-10H,1H3. The Balaban J connectivity index is 2.27. The predicted octanol–water partition coefficient (Wildman–Crippen LogP) is 3.19. The highest BCUT2D eigenvalue weighted by molar-refractivity contribution is 5.84. The first-order valence-corrected chi connectivity index (χ1v) is 6.43. The Morgan fingerprint density at radius 3 is 2.67 bits per heavy atom. The van der Waals surface area contributed by atoms with E-state index < -0.39 is 0 Å². The fourth-order valence-electron chi connectivity index (χ4n) is 2.25. The van der Waals surface area contributed by atoms with E-state index in [0.717, 1.165) is 11.1 Å². The molecule has 0 saturated carbocycles. The van der Waals surface area contributed by atoms with Gasteiger partial charge in [-0.2, -0.15) is 0 Å². The van der Waals surface area contributed by atoms with Crippen LogP contribution in [0, 0.1) is 12.7 Å². The fraction of sp³-hybridized carbons (Fsp3) is 0.0625. The average molecular weight is 281 g/mol. The van der Waals surface area contributed by atoms with Crippen LogP contribution in [0.5, 0.6) is 0 Å². The Bertz CT molecular complexity index is 811. The average Bonchev–Trinajstić information content (AvgIpc) is 2.91. The van der Waals surface area contributed by atoms with Crippen molar-refractivity contribution in [2.24, 2.45) is 0 Å². The first kappa shape index (κ1) is 13.2. The van der Waals surface area contributed by atoms with Crippen molar-refractivity contribution in [3.8, 4) is 16.9 Å². The predicted molar refractivity (Wildman–Crippen MR) is 76.9 cm³/mol. The molecule has 1 aromatic heterocycles. The summed E-state index contributed by atoms with van der Waals surface area (Å²) in [4.78, 5) is 11.2. The minimum atomic E-state index is -0.369. The molecule has 4 nitrogen and oxygen atoms in total. The van der Waals surface area contributed by atoms with Gasteiger partial charge >= 0.3 is 0 Å². The second-order valence-corrected chi connectivity index (χ2v) is 4.65. The third-order valence-corrected chi connectivity index (χ3v) is 3.26. The minimum Gasteiger partial charge on any atom is -0.296 e. The topological polar surface area (TPSA) is 47.8 Å². The summed E-state index contributed by atoms with van der Waals surface area (Å²) >= 11 is 0. The number of rotatable bonds is 3. The lowest BCUT2D eigenvalue weighted by Gasteiger charge is -2.09. The monoisotopic (exact) mass is 281 g/mol. The molecule has 0 aliphatic heterocycles. The van der Waals surface area contributed by atoms with Gasteiger partial charge in [0.15, 0.2) is 12.0 Å². The number of aromatic nitrogens is 3. The highest BCUT2D eigenvalue weighted by Gasteiger charge is 2.17. The number of hydrogen-bond acceptors (Lipinski definition) is 3. The molecule has 0 bridgehead atoms. The molecule has 0 saturated heterocycles. The SMILES string of the molecule is Cc1ccccc1-c1c(C=O)nnn1-c1cccc(F)c1. The molecule has 0 unspecified atom stereocenters. The van der Waals surface area contributed by atoms with E-state index in [1.165, 1.54) is 16.8 Å². The molecular weight excluding hydrogens is 269 g/mol. The van der Waals surface area contributed by atoms with Gasteiger partial charge in [0.05, 0.1) is 5.69 Å². The number of halogens is 1. The Hall–Kier alpha value is -2.82. The van der Waals surface area contributed by atoms with Crippen LogP contribution in [0.3, 0.4) is 0 Å².